The number of benzene rings is 2. The Morgan fingerprint density at radius 3 is 2.63 bits per heavy atom. The quantitative estimate of drug-likeness (QED) is 0.638. The van der Waals surface area contributed by atoms with Crippen molar-refractivity contribution in [2.45, 2.75) is 13.5 Å². The van der Waals surface area contributed by atoms with Gasteiger partial charge >= 0.3 is 0 Å². The average molecular weight is 367 g/mol. The Bertz CT molecular complexity index is 911. The van der Waals surface area contributed by atoms with Crippen LogP contribution in [0.1, 0.15) is 6.92 Å². The van der Waals surface area contributed by atoms with Gasteiger partial charge in [-0.1, -0.05) is 18.2 Å². The van der Waals surface area contributed by atoms with E-state index in [0.717, 1.165) is 11.3 Å². The molecule has 0 unspecified atom stereocenters. The van der Waals surface area contributed by atoms with E-state index in [-0.39, 0.29) is 12.5 Å². The van der Waals surface area contributed by atoms with Crippen LogP contribution in [0.2, 0.25) is 0 Å². The fraction of sp³-hybridized carbons (Fsp3) is 0.263. The number of tetrazole rings is 1. The number of carbonyl (C=O) groups excluding carboxylic acids is 1. The van der Waals surface area contributed by atoms with E-state index in [1.165, 1.54) is 4.80 Å². The molecule has 0 radical (unpaired) electrons. The van der Waals surface area contributed by atoms with Crippen LogP contribution < -0.4 is 14.4 Å². The monoisotopic (exact) mass is 367 g/mol. The summed E-state index contributed by atoms with van der Waals surface area (Å²) < 4.78 is 10.9. The molecule has 8 heteroatoms. The minimum absolute atomic E-state index is 0.00708. The van der Waals surface area contributed by atoms with Crippen molar-refractivity contribution in [3.05, 3.63) is 48.5 Å². The largest absolute Gasteiger partial charge is 0.493 e. The Hall–Kier alpha value is -3.42. The minimum atomic E-state index is -0.144. The van der Waals surface area contributed by atoms with Crippen LogP contribution in [0, 0.1) is 0 Å². The number of ether oxygens (including phenoxy) is 2. The zero-order valence-electron chi connectivity index (χ0n) is 15.5. The Morgan fingerprint density at radius 1 is 1.15 bits per heavy atom. The van der Waals surface area contributed by atoms with Crippen molar-refractivity contribution in [2.75, 3.05) is 25.7 Å². The summed E-state index contributed by atoms with van der Waals surface area (Å²) in [6.45, 7) is 2.41. The summed E-state index contributed by atoms with van der Waals surface area (Å²) >= 11 is 0. The highest BCUT2D eigenvalue weighted by atomic mass is 16.5. The molecule has 0 N–H and O–H groups in total. The maximum atomic E-state index is 12.4. The maximum absolute atomic E-state index is 12.4. The fourth-order valence-corrected chi connectivity index (χ4v) is 2.53. The van der Waals surface area contributed by atoms with Gasteiger partial charge in [-0.05, 0) is 42.5 Å². The van der Waals surface area contributed by atoms with E-state index in [1.807, 2.05) is 43.3 Å². The van der Waals surface area contributed by atoms with Crippen molar-refractivity contribution >= 4 is 11.6 Å². The zero-order chi connectivity index (χ0) is 19.2. The van der Waals surface area contributed by atoms with E-state index in [9.17, 15) is 4.79 Å². The lowest BCUT2D eigenvalue weighted by molar-refractivity contribution is -0.119. The summed E-state index contributed by atoms with van der Waals surface area (Å²) in [4.78, 5) is 15.3. The number of likely N-dealkylation sites (N-methyl/N-ethyl adjacent to an activating group) is 1. The third-order valence-corrected chi connectivity index (χ3v) is 3.97. The van der Waals surface area contributed by atoms with Crippen LogP contribution in [0.25, 0.3) is 11.4 Å². The normalized spacial score (nSPS) is 10.5. The third kappa shape index (κ3) is 4.22. The number of hydrogen-bond acceptors (Lipinski definition) is 6. The van der Waals surface area contributed by atoms with Gasteiger partial charge in [-0.2, -0.15) is 4.80 Å². The first-order valence-electron chi connectivity index (χ1n) is 8.53. The molecular formula is C19H21N5O3. The molecule has 0 aliphatic rings. The highest BCUT2D eigenvalue weighted by Gasteiger charge is 2.15. The van der Waals surface area contributed by atoms with E-state index in [1.54, 1.807) is 31.2 Å². The molecule has 0 spiro atoms. The Morgan fingerprint density at radius 2 is 1.93 bits per heavy atom. The number of aromatic nitrogens is 4. The molecule has 8 nitrogen and oxygen atoms in total. The summed E-state index contributed by atoms with van der Waals surface area (Å²) in [7, 11) is 3.30. The average Bonchev–Trinajstić information content (AvgIpc) is 3.16. The molecule has 0 saturated carbocycles. The standard InChI is InChI=1S/C19H21N5O3/c1-4-27-17-12-14(10-11-16(17)26-3)19-20-22-24(21-19)13-18(25)23(2)15-8-6-5-7-9-15/h5-12H,4,13H2,1-3H3. The maximum Gasteiger partial charge on any atom is 0.250 e. The second-order valence-corrected chi connectivity index (χ2v) is 5.73. The fourth-order valence-electron chi connectivity index (χ4n) is 2.53. The van der Waals surface area contributed by atoms with Crippen LogP contribution in [-0.2, 0) is 11.3 Å². The van der Waals surface area contributed by atoms with Crippen molar-refractivity contribution in [2.24, 2.45) is 0 Å². The molecule has 1 aromatic heterocycles. The summed E-state index contributed by atoms with van der Waals surface area (Å²) in [6, 6.07) is 14.8. The predicted octanol–water partition coefficient (Wildman–Crippen LogP) is 2.41. The number of para-hydroxylation sites is 1. The lowest BCUT2D eigenvalue weighted by atomic mass is 10.2. The van der Waals surface area contributed by atoms with E-state index in [0.29, 0.717) is 23.9 Å². The summed E-state index contributed by atoms with van der Waals surface area (Å²) in [5, 5.41) is 12.3. The van der Waals surface area contributed by atoms with Crippen LogP contribution in [0.15, 0.2) is 48.5 Å². The molecule has 0 bridgehead atoms. The topological polar surface area (TPSA) is 82.4 Å². The molecular weight excluding hydrogens is 346 g/mol. The van der Waals surface area contributed by atoms with Gasteiger partial charge in [0.05, 0.1) is 13.7 Å². The molecule has 0 fully saturated rings. The molecule has 140 valence electrons. The first-order chi connectivity index (χ1) is 13.1. The lowest BCUT2D eigenvalue weighted by Gasteiger charge is -2.16. The smallest absolute Gasteiger partial charge is 0.250 e. The van der Waals surface area contributed by atoms with Crippen molar-refractivity contribution in [3.8, 4) is 22.9 Å². The summed E-state index contributed by atoms with van der Waals surface area (Å²) in [5.41, 5.74) is 1.54. The molecule has 27 heavy (non-hydrogen) atoms. The first kappa shape index (κ1) is 18.4. The highest BCUT2D eigenvalue weighted by Crippen LogP contribution is 2.31. The molecule has 3 aromatic rings. The molecule has 1 heterocycles. The van der Waals surface area contributed by atoms with Crippen molar-refractivity contribution in [1.29, 1.82) is 0 Å². The first-order valence-corrected chi connectivity index (χ1v) is 8.53. The van der Waals surface area contributed by atoms with Crippen LogP contribution >= 0.6 is 0 Å². The predicted molar refractivity (Wildman–Crippen MR) is 101 cm³/mol. The van der Waals surface area contributed by atoms with E-state index < -0.39 is 0 Å². The number of amides is 1. The minimum Gasteiger partial charge on any atom is -0.493 e. The van der Waals surface area contributed by atoms with E-state index in [2.05, 4.69) is 15.4 Å². The van der Waals surface area contributed by atoms with Crippen LogP contribution in [0.5, 0.6) is 11.5 Å². The van der Waals surface area contributed by atoms with E-state index >= 15 is 0 Å². The van der Waals surface area contributed by atoms with Crippen molar-refractivity contribution < 1.29 is 14.3 Å². The second-order valence-electron chi connectivity index (χ2n) is 5.73. The van der Waals surface area contributed by atoms with Gasteiger partial charge in [0.25, 0.3) is 0 Å². The van der Waals surface area contributed by atoms with Crippen molar-refractivity contribution in [1.82, 2.24) is 20.2 Å². The van der Waals surface area contributed by atoms with Crippen molar-refractivity contribution in [3.63, 3.8) is 0 Å². The lowest BCUT2D eigenvalue weighted by Crippen LogP contribution is -2.30. The molecule has 0 atom stereocenters. The second kappa shape index (κ2) is 8.31. The Kier molecular flexibility index (Phi) is 5.65. The van der Waals surface area contributed by atoms with Gasteiger partial charge in [0.2, 0.25) is 11.7 Å². The van der Waals surface area contributed by atoms with Gasteiger partial charge in [0, 0.05) is 18.3 Å². The Labute approximate surface area is 157 Å². The van der Waals surface area contributed by atoms with Crippen LogP contribution in [0.4, 0.5) is 5.69 Å². The van der Waals surface area contributed by atoms with Gasteiger partial charge in [-0.15, -0.1) is 10.2 Å². The number of nitrogens with zero attached hydrogens (tertiary/aromatic N) is 5. The number of methoxy groups -OCH3 is 1. The number of anilines is 1. The van der Waals surface area contributed by atoms with Crippen LogP contribution in [0.3, 0.4) is 0 Å². The molecule has 0 aliphatic heterocycles. The molecule has 1 amide bonds. The third-order valence-electron chi connectivity index (χ3n) is 3.97. The molecule has 0 aliphatic carbocycles. The Balaban J connectivity index is 1.75. The van der Waals surface area contributed by atoms with E-state index in [4.69, 9.17) is 9.47 Å². The number of carbonyl (C=O) groups is 1. The van der Waals surface area contributed by atoms with Gasteiger partial charge < -0.3 is 14.4 Å². The summed E-state index contributed by atoms with van der Waals surface area (Å²) in [5.74, 6) is 1.50. The molecule has 0 saturated heterocycles. The van der Waals surface area contributed by atoms with Gasteiger partial charge in [0.1, 0.15) is 6.54 Å². The number of hydrogen-bond donors (Lipinski definition) is 0. The van der Waals surface area contributed by atoms with Crippen LogP contribution in [-0.4, -0.2) is 46.9 Å². The molecule has 3 rings (SSSR count). The summed E-state index contributed by atoms with van der Waals surface area (Å²) in [6.07, 6.45) is 0. The SMILES string of the molecule is CCOc1cc(-c2nnn(CC(=O)N(C)c3ccccc3)n2)ccc1OC. The van der Waals surface area contributed by atoms with Gasteiger partial charge in [-0.25, -0.2) is 0 Å². The molecule has 2 aromatic carbocycles. The highest BCUT2D eigenvalue weighted by molar-refractivity contribution is 5.92. The van der Waals surface area contributed by atoms with Gasteiger partial charge in [0.15, 0.2) is 11.5 Å². The van der Waals surface area contributed by atoms with Gasteiger partial charge in [-0.3, -0.25) is 4.79 Å². The zero-order valence-corrected chi connectivity index (χ0v) is 15.5. The number of rotatable bonds is 7.